The number of amides is 2. The van der Waals surface area contributed by atoms with Gasteiger partial charge in [-0.05, 0) is 45.2 Å². The topological polar surface area (TPSA) is 49.4 Å². The SMILES string of the molecule is CCN(CC)C(=O)c1sc(NC(=O)C2CCCC2)cc1C. The van der Waals surface area contributed by atoms with Gasteiger partial charge in [0.05, 0.1) is 9.88 Å². The second-order valence-corrected chi connectivity index (χ2v) is 6.62. The minimum atomic E-state index is 0.0591. The predicted molar refractivity (Wildman–Crippen MR) is 86.9 cm³/mol. The summed E-state index contributed by atoms with van der Waals surface area (Å²) in [4.78, 5) is 27.1. The van der Waals surface area contributed by atoms with E-state index in [9.17, 15) is 9.59 Å². The normalized spacial score (nSPS) is 15.2. The lowest BCUT2D eigenvalue weighted by molar-refractivity contribution is -0.119. The fourth-order valence-electron chi connectivity index (χ4n) is 2.82. The zero-order valence-corrected chi connectivity index (χ0v) is 13.9. The summed E-state index contributed by atoms with van der Waals surface area (Å²) in [5.74, 6) is 0.314. The van der Waals surface area contributed by atoms with Crippen LogP contribution in [-0.4, -0.2) is 29.8 Å². The third-order valence-electron chi connectivity index (χ3n) is 4.14. The molecule has 1 aromatic rings. The highest BCUT2D eigenvalue weighted by Crippen LogP contribution is 2.30. The highest BCUT2D eigenvalue weighted by atomic mass is 32.1. The number of nitrogens with zero attached hydrogens (tertiary/aromatic N) is 1. The molecule has 1 aromatic heterocycles. The molecule has 1 heterocycles. The van der Waals surface area contributed by atoms with Gasteiger partial charge in [0.25, 0.3) is 5.91 Å². The first-order valence-corrected chi connectivity index (χ1v) is 8.59. The van der Waals surface area contributed by atoms with Crippen molar-refractivity contribution in [3.8, 4) is 0 Å². The molecule has 1 aliphatic carbocycles. The van der Waals surface area contributed by atoms with Gasteiger partial charge in [-0.1, -0.05) is 12.8 Å². The molecule has 0 saturated heterocycles. The number of rotatable bonds is 5. The quantitative estimate of drug-likeness (QED) is 0.902. The van der Waals surface area contributed by atoms with Gasteiger partial charge in [-0.3, -0.25) is 9.59 Å². The molecule has 2 amide bonds. The number of hydrogen-bond acceptors (Lipinski definition) is 3. The molecule has 0 aliphatic heterocycles. The van der Waals surface area contributed by atoms with Crippen molar-refractivity contribution in [1.82, 2.24) is 4.90 Å². The summed E-state index contributed by atoms with van der Waals surface area (Å²) < 4.78 is 0. The fraction of sp³-hybridized carbons (Fsp3) is 0.625. The number of carbonyl (C=O) groups excluding carboxylic acids is 2. The summed E-state index contributed by atoms with van der Waals surface area (Å²) in [7, 11) is 0. The molecular weight excluding hydrogens is 284 g/mol. The van der Waals surface area contributed by atoms with Gasteiger partial charge in [-0.25, -0.2) is 0 Å². The van der Waals surface area contributed by atoms with Crippen molar-refractivity contribution in [3.05, 3.63) is 16.5 Å². The van der Waals surface area contributed by atoms with Crippen molar-refractivity contribution in [2.24, 2.45) is 5.92 Å². The maximum absolute atomic E-state index is 12.4. The van der Waals surface area contributed by atoms with Crippen LogP contribution in [0.5, 0.6) is 0 Å². The molecule has 1 fully saturated rings. The molecule has 0 unspecified atom stereocenters. The summed E-state index contributed by atoms with van der Waals surface area (Å²) in [6, 6.07) is 1.91. The Morgan fingerprint density at radius 3 is 2.48 bits per heavy atom. The van der Waals surface area contributed by atoms with Crippen LogP contribution >= 0.6 is 11.3 Å². The van der Waals surface area contributed by atoms with E-state index in [1.807, 2.05) is 26.8 Å². The van der Waals surface area contributed by atoms with E-state index >= 15 is 0 Å². The van der Waals surface area contributed by atoms with E-state index in [4.69, 9.17) is 0 Å². The molecule has 1 aliphatic rings. The largest absolute Gasteiger partial charge is 0.338 e. The molecule has 1 N–H and O–H groups in total. The third kappa shape index (κ3) is 3.64. The Bertz CT molecular complexity index is 514. The smallest absolute Gasteiger partial charge is 0.264 e. The number of aryl methyl sites for hydroxylation is 1. The lowest BCUT2D eigenvalue weighted by Crippen LogP contribution is -2.30. The van der Waals surface area contributed by atoms with E-state index in [0.717, 1.165) is 41.1 Å². The zero-order valence-electron chi connectivity index (χ0n) is 13.1. The van der Waals surface area contributed by atoms with Crippen LogP contribution in [0.4, 0.5) is 5.00 Å². The first kappa shape index (κ1) is 16.0. The van der Waals surface area contributed by atoms with Gasteiger partial charge < -0.3 is 10.2 Å². The molecule has 4 nitrogen and oxygen atoms in total. The van der Waals surface area contributed by atoms with E-state index in [2.05, 4.69) is 5.32 Å². The number of thiophene rings is 1. The Hall–Kier alpha value is -1.36. The number of nitrogens with one attached hydrogen (secondary N) is 1. The van der Waals surface area contributed by atoms with Crippen LogP contribution in [0.2, 0.25) is 0 Å². The highest BCUT2D eigenvalue weighted by Gasteiger charge is 2.24. The molecule has 116 valence electrons. The van der Waals surface area contributed by atoms with Crippen LogP contribution in [0.15, 0.2) is 6.07 Å². The average molecular weight is 308 g/mol. The van der Waals surface area contributed by atoms with E-state index in [1.165, 1.54) is 11.3 Å². The zero-order chi connectivity index (χ0) is 15.4. The van der Waals surface area contributed by atoms with Crippen LogP contribution in [0, 0.1) is 12.8 Å². The van der Waals surface area contributed by atoms with Crippen molar-refractivity contribution in [2.75, 3.05) is 18.4 Å². The summed E-state index contributed by atoms with van der Waals surface area (Å²) in [6.07, 6.45) is 4.27. The van der Waals surface area contributed by atoms with Gasteiger partial charge >= 0.3 is 0 Å². The van der Waals surface area contributed by atoms with Crippen molar-refractivity contribution < 1.29 is 9.59 Å². The van der Waals surface area contributed by atoms with Crippen molar-refractivity contribution in [1.29, 1.82) is 0 Å². The fourth-order valence-corrected chi connectivity index (χ4v) is 3.87. The van der Waals surface area contributed by atoms with Gasteiger partial charge in [0.15, 0.2) is 0 Å². The van der Waals surface area contributed by atoms with Crippen molar-refractivity contribution in [3.63, 3.8) is 0 Å². The maximum atomic E-state index is 12.4. The van der Waals surface area contributed by atoms with Gasteiger partial charge in [-0.15, -0.1) is 11.3 Å². The average Bonchev–Trinajstić information content (AvgIpc) is 3.09. The Kier molecular flexibility index (Phi) is 5.39. The summed E-state index contributed by atoms with van der Waals surface area (Å²) in [5.41, 5.74) is 0.943. The Morgan fingerprint density at radius 1 is 1.29 bits per heavy atom. The Morgan fingerprint density at radius 2 is 1.90 bits per heavy atom. The van der Waals surface area contributed by atoms with Gasteiger partial charge in [0, 0.05) is 19.0 Å². The molecule has 5 heteroatoms. The molecule has 21 heavy (non-hydrogen) atoms. The molecule has 0 aromatic carbocycles. The van der Waals surface area contributed by atoms with Crippen LogP contribution in [0.3, 0.4) is 0 Å². The van der Waals surface area contributed by atoms with E-state index in [1.54, 1.807) is 4.90 Å². The molecule has 0 atom stereocenters. The number of hydrogen-bond donors (Lipinski definition) is 1. The molecule has 2 rings (SSSR count). The highest BCUT2D eigenvalue weighted by molar-refractivity contribution is 7.18. The second kappa shape index (κ2) is 7.07. The lowest BCUT2D eigenvalue weighted by atomic mass is 10.1. The van der Waals surface area contributed by atoms with Crippen LogP contribution in [-0.2, 0) is 4.79 Å². The van der Waals surface area contributed by atoms with E-state index in [-0.39, 0.29) is 17.7 Å². The molecule has 0 spiro atoms. The number of carbonyl (C=O) groups is 2. The third-order valence-corrected chi connectivity index (χ3v) is 5.28. The minimum absolute atomic E-state index is 0.0591. The predicted octanol–water partition coefficient (Wildman–Crippen LogP) is 3.67. The van der Waals surface area contributed by atoms with E-state index < -0.39 is 0 Å². The van der Waals surface area contributed by atoms with E-state index in [0.29, 0.717) is 13.1 Å². The summed E-state index contributed by atoms with van der Waals surface area (Å²) in [6.45, 7) is 7.30. The van der Waals surface area contributed by atoms with Gasteiger partial charge in [0.1, 0.15) is 0 Å². The molecule has 0 radical (unpaired) electrons. The second-order valence-electron chi connectivity index (χ2n) is 5.57. The minimum Gasteiger partial charge on any atom is -0.338 e. The first-order valence-electron chi connectivity index (χ1n) is 7.77. The summed E-state index contributed by atoms with van der Waals surface area (Å²) >= 11 is 1.39. The Balaban J connectivity index is 2.08. The Labute approximate surface area is 130 Å². The molecule has 0 bridgehead atoms. The van der Waals surface area contributed by atoms with Crippen LogP contribution < -0.4 is 5.32 Å². The van der Waals surface area contributed by atoms with Gasteiger partial charge in [0.2, 0.25) is 5.91 Å². The standard InChI is InChI=1S/C16H24N2O2S/c1-4-18(5-2)16(20)14-11(3)10-13(21-14)17-15(19)12-8-6-7-9-12/h10,12H,4-9H2,1-3H3,(H,17,19). The lowest BCUT2D eigenvalue weighted by Gasteiger charge is -2.17. The van der Waals surface area contributed by atoms with Crippen LogP contribution in [0.1, 0.15) is 54.8 Å². The van der Waals surface area contributed by atoms with Crippen molar-refractivity contribution in [2.45, 2.75) is 46.5 Å². The molecule has 1 saturated carbocycles. The van der Waals surface area contributed by atoms with Crippen molar-refractivity contribution >= 4 is 28.2 Å². The van der Waals surface area contributed by atoms with Gasteiger partial charge in [-0.2, -0.15) is 0 Å². The summed E-state index contributed by atoms with van der Waals surface area (Å²) in [5, 5.41) is 3.78. The van der Waals surface area contributed by atoms with Crippen LogP contribution in [0.25, 0.3) is 0 Å². The maximum Gasteiger partial charge on any atom is 0.264 e. The first-order chi connectivity index (χ1) is 10.1. The number of anilines is 1. The molecular formula is C16H24N2O2S. The monoisotopic (exact) mass is 308 g/mol.